The Morgan fingerprint density at radius 1 is 1.00 bits per heavy atom. The molecule has 12 atom stereocenters. The Balaban J connectivity index is 1.30. The maximum atomic E-state index is 13.3. The fourth-order valence-corrected chi connectivity index (χ4v) is 11.2. The zero-order valence-electron chi connectivity index (χ0n) is 23.7. The number of thiophene rings is 1. The lowest BCUT2D eigenvalue weighted by atomic mass is 9.43. The first kappa shape index (κ1) is 28.9. The summed E-state index contributed by atoms with van der Waals surface area (Å²) in [5, 5.41) is 36.4. The first-order valence-electron chi connectivity index (χ1n) is 15.0. The molecule has 214 valence electrons. The highest BCUT2D eigenvalue weighted by Crippen LogP contribution is 2.68. The van der Waals surface area contributed by atoms with Crippen molar-refractivity contribution >= 4 is 28.8 Å². The molecule has 0 aliphatic heterocycles. The van der Waals surface area contributed by atoms with Gasteiger partial charge in [-0.3, -0.25) is 4.79 Å². The molecule has 0 aromatic carbocycles. The second-order valence-corrected chi connectivity index (χ2v) is 15.9. The van der Waals surface area contributed by atoms with E-state index in [0.29, 0.717) is 30.6 Å². The van der Waals surface area contributed by atoms with Gasteiger partial charge >= 0.3 is 0 Å². The van der Waals surface area contributed by atoms with E-state index in [2.05, 4.69) is 39.9 Å². The number of amides is 1. The molecule has 0 spiro atoms. The van der Waals surface area contributed by atoms with Crippen LogP contribution >= 0.6 is 22.9 Å². The Bertz CT molecular complexity index is 1020. The van der Waals surface area contributed by atoms with Crippen LogP contribution in [0.25, 0.3) is 0 Å². The largest absolute Gasteiger partial charge is 0.393 e. The number of carbonyl (C=O) groups excluding carboxylic acids is 1. The average Bonchev–Trinajstić information content (AvgIpc) is 3.44. The van der Waals surface area contributed by atoms with Crippen LogP contribution in [0.15, 0.2) is 12.1 Å². The van der Waals surface area contributed by atoms with Crippen LogP contribution in [0.5, 0.6) is 0 Å². The summed E-state index contributed by atoms with van der Waals surface area (Å²) in [7, 11) is 0. The van der Waals surface area contributed by atoms with Crippen LogP contribution in [0.1, 0.15) is 96.9 Å². The lowest BCUT2D eigenvalue weighted by Crippen LogP contribution is -2.64. The monoisotopic (exact) mass is 565 g/mol. The van der Waals surface area contributed by atoms with Gasteiger partial charge in [-0.05, 0) is 109 Å². The predicted octanol–water partition coefficient (Wildman–Crippen LogP) is 6.20. The van der Waals surface area contributed by atoms with Crippen molar-refractivity contribution in [3.63, 3.8) is 0 Å². The SMILES string of the molecule is CC(C)[C@@H](NC(=O)C[C@@H](C)[C@H]1CC[C@H]2[C@@H]3[C@H](O)[C@H](O)[C@@H]4C[C@H](O)CC[C@]4(C)[C@H]3CC[C@]12C)c1ccc(Cl)s1. The molecule has 1 heterocycles. The number of carbonyl (C=O) groups is 1. The van der Waals surface area contributed by atoms with E-state index in [1.54, 1.807) is 0 Å². The Morgan fingerprint density at radius 2 is 1.68 bits per heavy atom. The molecule has 5 nitrogen and oxygen atoms in total. The van der Waals surface area contributed by atoms with Gasteiger partial charge in [0.15, 0.2) is 0 Å². The van der Waals surface area contributed by atoms with Crippen LogP contribution in [0.4, 0.5) is 0 Å². The third-order valence-electron chi connectivity index (χ3n) is 11.9. The standard InChI is InChI=1S/C31H48ClNO4S/c1-16(2)27(23-8-9-24(32)38-23)33-25(35)14-17(3)19-6-7-20-26-21(11-13-30(19,20)4)31(5)12-10-18(34)15-22(31)28(36)29(26)37/h8-9,16-22,26-29,34,36-37H,6-7,10-15H2,1-5H3,(H,33,35)/t17-,18-,19-,20+,21+,22+,26+,27-,28-,29+,30-,31-/m1/s1. The smallest absolute Gasteiger partial charge is 0.220 e. The van der Waals surface area contributed by atoms with Crippen molar-refractivity contribution in [1.29, 1.82) is 0 Å². The lowest BCUT2D eigenvalue weighted by Gasteiger charge is -2.63. The van der Waals surface area contributed by atoms with Crippen LogP contribution in [0, 0.1) is 52.3 Å². The normalized spacial score (nSPS) is 44.2. The second-order valence-electron chi connectivity index (χ2n) is 14.2. The molecule has 0 radical (unpaired) electrons. The van der Waals surface area contributed by atoms with Gasteiger partial charge in [0.25, 0.3) is 0 Å². The van der Waals surface area contributed by atoms with Gasteiger partial charge in [-0.15, -0.1) is 11.3 Å². The minimum atomic E-state index is -0.764. The molecule has 5 rings (SSSR count). The van der Waals surface area contributed by atoms with Crippen molar-refractivity contribution < 1.29 is 20.1 Å². The summed E-state index contributed by atoms with van der Waals surface area (Å²) in [6, 6.07) is 3.89. The number of hydrogen-bond acceptors (Lipinski definition) is 5. The predicted molar refractivity (Wildman–Crippen MR) is 153 cm³/mol. The maximum Gasteiger partial charge on any atom is 0.220 e. The van der Waals surface area contributed by atoms with Crippen LogP contribution in [0.3, 0.4) is 0 Å². The molecular formula is C31H48ClNO4S. The zero-order chi connectivity index (χ0) is 27.6. The molecule has 1 aromatic rings. The highest BCUT2D eigenvalue weighted by atomic mass is 35.5. The van der Waals surface area contributed by atoms with Crippen molar-refractivity contribution in [1.82, 2.24) is 5.32 Å². The van der Waals surface area contributed by atoms with Crippen LogP contribution in [0.2, 0.25) is 4.34 Å². The number of halogens is 1. The third-order valence-corrected chi connectivity index (χ3v) is 13.2. The number of rotatable bonds is 6. The van der Waals surface area contributed by atoms with Crippen LogP contribution in [-0.4, -0.2) is 39.5 Å². The highest BCUT2D eigenvalue weighted by Gasteiger charge is 2.65. The number of aliphatic hydroxyl groups is 3. The summed E-state index contributed by atoms with van der Waals surface area (Å²) in [6.45, 7) is 11.2. The van der Waals surface area contributed by atoms with Crippen molar-refractivity contribution in [3.05, 3.63) is 21.3 Å². The van der Waals surface area contributed by atoms with Gasteiger partial charge in [0, 0.05) is 11.3 Å². The Hall–Kier alpha value is -0.660. The minimum Gasteiger partial charge on any atom is -0.393 e. The number of hydrogen-bond donors (Lipinski definition) is 4. The molecule has 4 saturated carbocycles. The van der Waals surface area contributed by atoms with Crippen LogP contribution < -0.4 is 5.32 Å². The molecule has 38 heavy (non-hydrogen) atoms. The third kappa shape index (κ3) is 4.78. The molecule has 0 unspecified atom stereocenters. The number of aliphatic hydroxyl groups excluding tert-OH is 3. The van der Waals surface area contributed by atoms with E-state index >= 15 is 0 Å². The maximum absolute atomic E-state index is 13.3. The summed E-state index contributed by atoms with van der Waals surface area (Å²) in [5.41, 5.74) is 0.0433. The van der Waals surface area contributed by atoms with E-state index in [4.69, 9.17) is 11.6 Å². The van der Waals surface area contributed by atoms with Gasteiger partial charge in [-0.1, -0.05) is 46.2 Å². The van der Waals surface area contributed by atoms with E-state index in [0.717, 1.165) is 47.7 Å². The van der Waals surface area contributed by atoms with E-state index in [1.807, 2.05) is 12.1 Å². The molecular weight excluding hydrogens is 518 g/mol. The summed E-state index contributed by atoms with van der Waals surface area (Å²) in [5.74, 6) is 1.87. The fraction of sp³-hybridized carbons (Fsp3) is 0.839. The van der Waals surface area contributed by atoms with Crippen molar-refractivity contribution in [2.45, 2.75) is 110 Å². The molecule has 1 aromatic heterocycles. The van der Waals surface area contributed by atoms with Crippen molar-refractivity contribution in [2.24, 2.45) is 52.3 Å². The lowest BCUT2D eigenvalue weighted by molar-refractivity contribution is -0.223. The summed E-state index contributed by atoms with van der Waals surface area (Å²) in [6.07, 6.45) is 5.29. The average molecular weight is 566 g/mol. The first-order chi connectivity index (χ1) is 17.9. The van der Waals surface area contributed by atoms with Gasteiger partial charge in [-0.2, -0.15) is 0 Å². The topological polar surface area (TPSA) is 89.8 Å². The molecule has 4 aliphatic carbocycles. The molecule has 4 aliphatic rings. The van der Waals surface area contributed by atoms with Crippen molar-refractivity contribution in [3.8, 4) is 0 Å². The number of nitrogens with one attached hydrogen (secondary N) is 1. The van der Waals surface area contributed by atoms with Gasteiger partial charge in [0.2, 0.25) is 5.91 Å². The van der Waals surface area contributed by atoms with E-state index in [1.165, 1.54) is 11.3 Å². The summed E-state index contributed by atoms with van der Waals surface area (Å²) < 4.78 is 0.744. The molecule has 4 fully saturated rings. The fourth-order valence-electron chi connectivity index (χ4n) is 9.94. The molecule has 7 heteroatoms. The minimum absolute atomic E-state index is 0.0238. The Kier molecular flexibility index (Phi) is 8.07. The quantitative estimate of drug-likeness (QED) is 0.330. The van der Waals surface area contributed by atoms with Gasteiger partial charge in [-0.25, -0.2) is 0 Å². The van der Waals surface area contributed by atoms with E-state index < -0.39 is 12.2 Å². The van der Waals surface area contributed by atoms with E-state index in [-0.39, 0.29) is 52.6 Å². The van der Waals surface area contributed by atoms with Gasteiger partial charge in [0.1, 0.15) is 0 Å². The van der Waals surface area contributed by atoms with E-state index in [9.17, 15) is 20.1 Å². The molecule has 1 amide bonds. The molecule has 0 bridgehead atoms. The number of fused-ring (bicyclic) bond motifs is 5. The Labute approximate surface area is 237 Å². The Morgan fingerprint density at radius 3 is 2.34 bits per heavy atom. The van der Waals surface area contributed by atoms with Crippen LogP contribution in [-0.2, 0) is 4.79 Å². The summed E-state index contributed by atoms with van der Waals surface area (Å²) >= 11 is 7.71. The molecule has 4 N–H and O–H groups in total. The van der Waals surface area contributed by atoms with Gasteiger partial charge < -0.3 is 20.6 Å². The summed E-state index contributed by atoms with van der Waals surface area (Å²) in [4.78, 5) is 14.4. The highest BCUT2D eigenvalue weighted by molar-refractivity contribution is 7.16. The zero-order valence-corrected chi connectivity index (χ0v) is 25.3. The molecule has 0 saturated heterocycles. The van der Waals surface area contributed by atoms with Gasteiger partial charge in [0.05, 0.1) is 28.7 Å². The second kappa shape index (κ2) is 10.6. The first-order valence-corrected chi connectivity index (χ1v) is 16.1. The van der Waals surface area contributed by atoms with Crippen molar-refractivity contribution in [2.75, 3.05) is 0 Å².